The van der Waals surface area contributed by atoms with Crippen LogP contribution in [0.4, 0.5) is 16.3 Å². The number of nitrogens with one attached hydrogen (secondary N) is 2. The number of nitrogens with zero attached hydrogens (tertiary/aromatic N) is 3. The molecule has 0 fully saturated rings. The number of hydrogen-bond acceptors (Lipinski definition) is 3. The quantitative estimate of drug-likeness (QED) is 0.910. The smallest absolute Gasteiger partial charge is 0.320 e. The monoisotopic (exact) mass is 313 g/mol. The number of fused-ring (bicyclic) bond motifs is 1. The number of carbonyl (C=O) groups is 1. The number of carbonyl (C=O) groups excluding carboxylic acids is 1. The summed E-state index contributed by atoms with van der Waals surface area (Å²) in [6.07, 6.45) is 1.07. The van der Waals surface area contributed by atoms with Gasteiger partial charge < -0.3 is 10.2 Å². The summed E-state index contributed by atoms with van der Waals surface area (Å²) in [5.74, 6) is 0.694. The maximum Gasteiger partial charge on any atom is 0.320 e. The maximum absolute atomic E-state index is 12.1. The molecule has 1 aliphatic rings. The fraction of sp³-hybridized carbons (Fsp3) is 0.412. The van der Waals surface area contributed by atoms with Gasteiger partial charge in [0, 0.05) is 37.9 Å². The molecular weight excluding hydrogens is 290 g/mol. The first-order chi connectivity index (χ1) is 11.0. The van der Waals surface area contributed by atoms with Crippen LogP contribution in [-0.2, 0) is 13.5 Å². The second kappa shape index (κ2) is 6.32. The van der Waals surface area contributed by atoms with Gasteiger partial charge in [-0.2, -0.15) is 5.10 Å². The molecule has 3 rings (SSSR count). The topological polar surface area (TPSA) is 62.2 Å². The molecule has 6 heteroatoms. The number of aryl methyl sites for hydroxylation is 2. The SMILES string of the molecule is Cc1cc(NC(=O)NCC(C)N2CCc3ccccc32)n(C)n1. The van der Waals surface area contributed by atoms with Crippen molar-refractivity contribution < 1.29 is 4.79 Å². The summed E-state index contributed by atoms with van der Waals surface area (Å²) in [5, 5.41) is 9.98. The average molecular weight is 313 g/mol. The van der Waals surface area contributed by atoms with Gasteiger partial charge in [-0.3, -0.25) is 10.00 Å². The summed E-state index contributed by atoms with van der Waals surface area (Å²) in [7, 11) is 1.81. The Balaban J connectivity index is 1.54. The molecule has 2 amide bonds. The van der Waals surface area contributed by atoms with Gasteiger partial charge >= 0.3 is 6.03 Å². The van der Waals surface area contributed by atoms with Crippen molar-refractivity contribution in [2.75, 3.05) is 23.3 Å². The van der Waals surface area contributed by atoms with Crippen LogP contribution in [0.25, 0.3) is 0 Å². The Labute approximate surface area is 136 Å². The van der Waals surface area contributed by atoms with E-state index >= 15 is 0 Å². The highest BCUT2D eigenvalue weighted by Gasteiger charge is 2.23. The van der Waals surface area contributed by atoms with Gasteiger partial charge in [-0.15, -0.1) is 0 Å². The third-order valence-electron chi connectivity index (χ3n) is 4.26. The van der Waals surface area contributed by atoms with Crippen molar-refractivity contribution >= 4 is 17.5 Å². The third kappa shape index (κ3) is 3.31. The predicted octanol–water partition coefficient (Wildman–Crippen LogP) is 2.30. The van der Waals surface area contributed by atoms with E-state index in [9.17, 15) is 4.79 Å². The molecule has 1 unspecified atom stereocenters. The third-order valence-corrected chi connectivity index (χ3v) is 4.26. The van der Waals surface area contributed by atoms with Crippen LogP contribution in [0.15, 0.2) is 30.3 Å². The molecule has 0 saturated heterocycles. The molecular formula is C17H23N5O. The number of anilines is 2. The summed E-state index contributed by atoms with van der Waals surface area (Å²) < 4.78 is 1.66. The molecule has 0 aliphatic carbocycles. The Bertz CT molecular complexity index is 709. The Morgan fingerprint density at radius 3 is 2.91 bits per heavy atom. The number of benzene rings is 1. The minimum absolute atomic E-state index is 0.202. The van der Waals surface area contributed by atoms with Gasteiger partial charge in [0.15, 0.2) is 0 Å². The van der Waals surface area contributed by atoms with E-state index in [1.165, 1.54) is 11.3 Å². The zero-order valence-electron chi connectivity index (χ0n) is 13.8. The van der Waals surface area contributed by atoms with Crippen molar-refractivity contribution in [2.45, 2.75) is 26.3 Å². The van der Waals surface area contributed by atoms with Crippen molar-refractivity contribution in [3.8, 4) is 0 Å². The van der Waals surface area contributed by atoms with Crippen molar-refractivity contribution in [3.05, 3.63) is 41.6 Å². The fourth-order valence-corrected chi connectivity index (χ4v) is 3.06. The molecule has 0 spiro atoms. The number of aromatic nitrogens is 2. The molecule has 6 nitrogen and oxygen atoms in total. The van der Waals surface area contributed by atoms with E-state index in [4.69, 9.17) is 0 Å². The fourth-order valence-electron chi connectivity index (χ4n) is 3.06. The molecule has 2 aromatic rings. The zero-order chi connectivity index (χ0) is 16.4. The van der Waals surface area contributed by atoms with Crippen LogP contribution >= 0.6 is 0 Å². The van der Waals surface area contributed by atoms with Gasteiger partial charge in [-0.25, -0.2) is 4.79 Å². The molecule has 0 radical (unpaired) electrons. The van der Waals surface area contributed by atoms with Gasteiger partial charge in [0.2, 0.25) is 0 Å². The van der Waals surface area contributed by atoms with E-state index in [0.29, 0.717) is 12.4 Å². The molecule has 2 N–H and O–H groups in total. The van der Waals surface area contributed by atoms with Gasteiger partial charge in [0.05, 0.1) is 5.69 Å². The number of rotatable bonds is 4. The summed E-state index contributed by atoms with van der Waals surface area (Å²) in [4.78, 5) is 14.4. The minimum atomic E-state index is -0.202. The first kappa shape index (κ1) is 15.4. The number of urea groups is 1. The van der Waals surface area contributed by atoms with Crippen LogP contribution in [0, 0.1) is 6.92 Å². The number of amides is 2. The zero-order valence-corrected chi connectivity index (χ0v) is 13.8. The Kier molecular flexibility index (Phi) is 4.23. The van der Waals surface area contributed by atoms with E-state index in [1.54, 1.807) is 4.68 Å². The molecule has 1 atom stereocenters. The van der Waals surface area contributed by atoms with Crippen LogP contribution in [0.5, 0.6) is 0 Å². The lowest BCUT2D eigenvalue weighted by molar-refractivity contribution is 0.251. The van der Waals surface area contributed by atoms with Gasteiger partial charge in [0.1, 0.15) is 5.82 Å². The van der Waals surface area contributed by atoms with Crippen molar-refractivity contribution in [1.82, 2.24) is 15.1 Å². The molecule has 1 aromatic heterocycles. The molecule has 2 heterocycles. The maximum atomic E-state index is 12.1. The van der Waals surface area contributed by atoms with E-state index in [-0.39, 0.29) is 12.1 Å². The lowest BCUT2D eigenvalue weighted by Gasteiger charge is -2.27. The van der Waals surface area contributed by atoms with E-state index < -0.39 is 0 Å². The van der Waals surface area contributed by atoms with Crippen LogP contribution in [0.1, 0.15) is 18.2 Å². The van der Waals surface area contributed by atoms with Crippen LogP contribution < -0.4 is 15.5 Å². The molecule has 1 aliphatic heterocycles. The summed E-state index contributed by atoms with van der Waals surface area (Å²) in [6.45, 7) is 5.63. The first-order valence-electron chi connectivity index (χ1n) is 7.94. The number of hydrogen-bond donors (Lipinski definition) is 2. The standard InChI is InChI=1S/C17H23N5O/c1-12-10-16(21(3)20-12)19-17(23)18-11-13(2)22-9-8-14-6-4-5-7-15(14)22/h4-7,10,13H,8-9,11H2,1-3H3,(H2,18,19,23). The Morgan fingerprint density at radius 2 is 2.17 bits per heavy atom. The minimum Gasteiger partial charge on any atom is -0.366 e. The molecule has 23 heavy (non-hydrogen) atoms. The van der Waals surface area contributed by atoms with Gasteiger partial charge in [0.25, 0.3) is 0 Å². The van der Waals surface area contributed by atoms with Crippen molar-refractivity contribution in [2.24, 2.45) is 7.05 Å². The molecule has 0 bridgehead atoms. The summed E-state index contributed by atoms with van der Waals surface area (Å²) in [5.41, 5.74) is 3.54. The van der Waals surface area contributed by atoms with Crippen molar-refractivity contribution in [1.29, 1.82) is 0 Å². The second-order valence-electron chi connectivity index (χ2n) is 6.05. The normalized spacial score (nSPS) is 14.5. The second-order valence-corrected chi connectivity index (χ2v) is 6.05. The van der Waals surface area contributed by atoms with E-state index in [2.05, 4.69) is 51.8 Å². The van der Waals surface area contributed by atoms with E-state index in [1.807, 2.05) is 20.0 Å². The highest BCUT2D eigenvalue weighted by molar-refractivity contribution is 5.88. The Morgan fingerprint density at radius 1 is 1.39 bits per heavy atom. The lowest BCUT2D eigenvalue weighted by atomic mass is 10.2. The molecule has 0 saturated carbocycles. The van der Waals surface area contributed by atoms with Crippen LogP contribution in [-0.4, -0.2) is 34.9 Å². The summed E-state index contributed by atoms with van der Waals surface area (Å²) in [6, 6.07) is 10.4. The summed E-state index contributed by atoms with van der Waals surface area (Å²) >= 11 is 0. The van der Waals surface area contributed by atoms with Gasteiger partial charge in [-0.1, -0.05) is 18.2 Å². The van der Waals surface area contributed by atoms with E-state index in [0.717, 1.165) is 18.7 Å². The predicted molar refractivity (Wildman–Crippen MR) is 91.9 cm³/mol. The highest BCUT2D eigenvalue weighted by atomic mass is 16.2. The number of para-hydroxylation sites is 1. The molecule has 1 aromatic carbocycles. The van der Waals surface area contributed by atoms with Gasteiger partial charge in [-0.05, 0) is 31.9 Å². The average Bonchev–Trinajstić information content (AvgIpc) is 3.08. The Hall–Kier alpha value is -2.50. The largest absolute Gasteiger partial charge is 0.366 e. The van der Waals surface area contributed by atoms with Crippen molar-refractivity contribution in [3.63, 3.8) is 0 Å². The van der Waals surface area contributed by atoms with Crippen LogP contribution in [0.2, 0.25) is 0 Å². The van der Waals surface area contributed by atoms with Crippen LogP contribution in [0.3, 0.4) is 0 Å². The highest BCUT2D eigenvalue weighted by Crippen LogP contribution is 2.28. The lowest BCUT2D eigenvalue weighted by Crippen LogP contribution is -2.43. The molecule has 122 valence electrons. The first-order valence-corrected chi connectivity index (χ1v) is 7.94.